The lowest BCUT2D eigenvalue weighted by molar-refractivity contribution is 0.573. The maximum absolute atomic E-state index is 16.1. The third kappa shape index (κ3) is 3.80. The van der Waals surface area contributed by atoms with Gasteiger partial charge < -0.3 is 13.7 Å². The van der Waals surface area contributed by atoms with Crippen molar-refractivity contribution in [2.75, 3.05) is 0 Å². The number of hydrogen-bond acceptors (Lipinski definition) is 3. The summed E-state index contributed by atoms with van der Waals surface area (Å²) < 4.78 is 47.7. The summed E-state index contributed by atoms with van der Waals surface area (Å²) in [4.78, 5) is 0. The van der Waals surface area contributed by atoms with Gasteiger partial charge in [-0.25, -0.2) is 0 Å². The summed E-state index contributed by atoms with van der Waals surface area (Å²) in [5, 5.41) is 2.05. The Morgan fingerprint density at radius 3 is 0.694 bits per heavy atom. The van der Waals surface area contributed by atoms with Gasteiger partial charge in [0.1, 0.15) is 0 Å². The van der Waals surface area contributed by atoms with Gasteiger partial charge in [-0.15, -0.1) is 0 Å². The molecule has 0 saturated heterocycles. The fraction of sp³-hybridized carbons (Fsp3) is 0. The molecule has 0 radical (unpaired) electrons. The van der Waals surface area contributed by atoms with Gasteiger partial charge in [-0.2, -0.15) is 0 Å². The van der Waals surface area contributed by atoms with Crippen LogP contribution >= 0.6 is 20.2 Å². The van der Waals surface area contributed by atoms with Gasteiger partial charge in [0.05, 0.1) is 0 Å². The molecule has 0 aliphatic rings. The molecule has 5 aromatic carbocycles. The summed E-state index contributed by atoms with van der Waals surface area (Å²) >= 11 is 0. The molecule has 0 N–H and O–H groups in total. The van der Waals surface area contributed by atoms with Gasteiger partial charge in [0, 0.05) is 26.5 Å². The van der Waals surface area contributed by atoms with Crippen LogP contribution in [0, 0.1) is 0 Å². The van der Waals surface area contributed by atoms with Crippen LogP contribution < -0.4 is 26.5 Å². The summed E-state index contributed by atoms with van der Waals surface area (Å²) in [6.07, 6.45) is 0. The van der Waals surface area contributed by atoms with Crippen LogP contribution in [0.25, 0.3) is 0 Å². The summed E-state index contributed by atoms with van der Waals surface area (Å²) in [6, 6.07) is 44.3. The fourth-order valence-corrected chi connectivity index (χ4v) is 26.4. The van der Waals surface area contributed by atoms with E-state index in [1.54, 1.807) is 121 Å². The molecular weight excluding hydrogens is 501 g/mol. The lowest BCUT2D eigenvalue weighted by Crippen LogP contribution is -2.26. The molecule has 5 aromatic rings. The van der Waals surface area contributed by atoms with Crippen molar-refractivity contribution >= 4 is 46.7 Å². The van der Waals surface area contributed by atoms with Crippen molar-refractivity contribution in [3.63, 3.8) is 0 Å². The van der Waals surface area contributed by atoms with Gasteiger partial charge in [-0.3, -0.25) is 0 Å². The minimum absolute atomic E-state index is 0.345. The minimum Gasteiger partial charge on any atom is -0.305 e. The van der Waals surface area contributed by atoms with Crippen molar-refractivity contribution in [3.8, 4) is 0 Å². The Labute approximate surface area is 211 Å². The molecule has 36 heavy (non-hydrogen) atoms. The van der Waals surface area contributed by atoms with E-state index in [0.29, 0.717) is 26.5 Å². The van der Waals surface area contributed by atoms with Crippen molar-refractivity contribution in [1.82, 2.24) is 0 Å². The zero-order valence-corrected chi connectivity index (χ0v) is 22.2. The van der Waals surface area contributed by atoms with E-state index in [2.05, 4.69) is 0 Å². The second-order valence-electron chi connectivity index (χ2n) is 8.37. The Kier molecular flexibility index (Phi) is 6.83. The zero-order valence-electron chi connectivity index (χ0n) is 19.5. The van der Waals surface area contributed by atoms with Crippen LogP contribution in [0.15, 0.2) is 152 Å². The van der Waals surface area contributed by atoms with E-state index < -0.39 is 20.2 Å². The quantitative estimate of drug-likeness (QED) is 0.227. The van der Waals surface area contributed by atoms with Gasteiger partial charge in [0.15, 0.2) is 0 Å². The Hall–Kier alpha value is -3.21. The van der Waals surface area contributed by atoms with Crippen molar-refractivity contribution in [3.05, 3.63) is 152 Å². The summed E-state index contributed by atoms with van der Waals surface area (Å²) in [6.45, 7) is -12.3. The third-order valence-electron chi connectivity index (χ3n) is 6.28. The predicted octanol–water partition coefficient (Wildman–Crippen LogP) is 6.53. The zero-order chi connectivity index (χ0) is 25.1. The Morgan fingerprint density at radius 1 is 0.278 bits per heavy atom. The molecule has 0 aliphatic carbocycles. The normalized spacial score (nSPS) is 12.2. The lowest BCUT2D eigenvalue weighted by atomic mass is 10.4. The maximum Gasteiger partial charge on any atom is 0.241 e. The second-order valence-corrected chi connectivity index (χ2v) is 22.1. The highest BCUT2D eigenvalue weighted by atomic mass is 32.5. The van der Waals surface area contributed by atoms with Crippen LogP contribution in [0.3, 0.4) is 0 Å². The second kappa shape index (κ2) is 10.0. The van der Waals surface area contributed by atoms with Crippen molar-refractivity contribution in [2.24, 2.45) is 0 Å². The fourth-order valence-electron chi connectivity index (χ4n) is 4.57. The standard InChI is InChI=1S/C30H25O3P3/c31-34(26-16-6-1-7-17-26,27-18-8-2-9-19-27)36(33,30-24-14-5-15-25-30)35(32,28-20-10-3-11-21-28)29-22-12-4-13-23-29/h1-25H. The van der Waals surface area contributed by atoms with E-state index in [1.807, 2.05) is 30.3 Å². The van der Waals surface area contributed by atoms with Crippen LogP contribution in [0.1, 0.15) is 0 Å². The molecule has 0 heterocycles. The van der Waals surface area contributed by atoms with E-state index in [1.165, 1.54) is 0 Å². The first-order chi connectivity index (χ1) is 17.5. The van der Waals surface area contributed by atoms with Crippen molar-refractivity contribution in [2.45, 2.75) is 0 Å². The molecule has 0 aliphatic heterocycles. The predicted molar refractivity (Wildman–Crippen MR) is 153 cm³/mol. The van der Waals surface area contributed by atoms with Crippen LogP contribution in [0.4, 0.5) is 0 Å². The molecule has 5 rings (SSSR count). The molecule has 178 valence electrons. The Balaban J connectivity index is 2.00. The first kappa shape index (κ1) is 24.5. The molecular formula is C30H25O3P3. The summed E-state index contributed by atoms with van der Waals surface area (Å²) in [7, 11) is 0. The minimum atomic E-state index is -4.29. The monoisotopic (exact) mass is 526 g/mol. The third-order valence-corrected chi connectivity index (χ3v) is 26.0. The average Bonchev–Trinajstić information content (AvgIpc) is 2.98. The summed E-state index contributed by atoms with van der Waals surface area (Å²) in [5.74, 6) is 0. The van der Waals surface area contributed by atoms with E-state index >= 15 is 13.7 Å². The van der Waals surface area contributed by atoms with Crippen molar-refractivity contribution < 1.29 is 13.7 Å². The van der Waals surface area contributed by atoms with E-state index in [-0.39, 0.29) is 0 Å². The lowest BCUT2D eigenvalue weighted by Gasteiger charge is -2.36. The molecule has 0 fully saturated rings. The smallest absolute Gasteiger partial charge is 0.241 e. The highest BCUT2D eigenvalue weighted by molar-refractivity contribution is 8.74. The van der Waals surface area contributed by atoms with Crippen molar-refractivity contribution in [1.29, 1.82) is 0 Å². The number of rotatable bonds is 7. The number of benzene rings is 5. The van der Waals surface area contributed by atoms with Gasteiger partial charge in [0.25, 0.3) is 0 Å². The first-order valence-electron chi connectivity index (χ1n) is 11.6. The van der Waals surface area contributed by atoms with Crippen LogP contribution in [-0.4, -0.2) is 0 Å². The first-order valence-corrected chi connectivity index (χ1v) is 18.2. The van der Waals surface area contributed by atoms with Crippen LogP contribution in [0.2, 0.25) is 0 Å². The molecule has 0 spiro atoms. The van der Waals surface area contributed by atoms with Gasteiger partial charge >= 0.3 is 0 Å². The number of hydrogen-bond donors (Lipinski definition) is 0. The van der Waals surface area contributed by atoms with Crippen LogP contribution in [0.5, 0.6) is 0 Å². The molecule has 0 aromatic heterocycles. The molecule has 0 bridgehead atoms. The molecule has 6 heteroatoms. The molecule has 0 amide bonds. The van der Waals surface area contributed by atoms with Gasteiger partial charge in [0.2, 0.25) is 20.2 Å². The Morgan fingerprint density at radius 2 is 0.472 bits per heavy atom. The largest absolute Gasteiger partial charge is 0.305 e. The highest BCUT2D eigenvalue weighted by Crippen LogP contribution is 2.96. The van der Waals surface area contributed by atoms with Crippen LogP contribution in [-0.2, 0) is 13.7 Å². The molecule has 0 unspecified atom stereocenters. The van der Waals surface area contributed by atoms with Gasteiger partial charge in [-0.1, -0.05) is 152 Å². The maximum atomic E-state index is 16.1. The average molecular weight is 526 g/mol. The highest BCUT2D eigenvalue weighted by Gasteiger charge is 2.60. The van der Waals surface area contributed by atoms with Gasteiger partial charge in [-0.05, 0) is 0 Å². The molecule has 0 atom stereocenters. The Bertz CT molecular complexity index is 1400. The van der Waals surface area contributed by atoms with E-state index in [4.69, 9.17) is 0 Å². The molecule has 3 nitrogen and oxygen atoms in total. The topological polar surface area (TPSA) is 51.2 Å². The van der Waals surface area contributed by atoms with E-state index in [9.17, 15) is 0 Å². The van der Waals surface area contributed by atoms with E-state index in [0.717, 1.165) is 0 Å². The molecule has 0 saturated carbocycles. The summed E-state index contributed by atoms with van der Waals surface area (Å²) in [5.41, 5.74) is 0. The SMILES string of the molecule is O=P(c1ccccc1)(c1ccccc1)P(=O)(c1ccccc1)P(=O)(c1ccccc1)c1ccccc1.